The van der Waals surface area contributed by atoms with Gasteiger partial charge in [-0.25, -0.2) is 9.78 Å². The molecule has 1 atom stereocenters. The SMILES string of the molecule is CCC1CNC(=O)N1c1ncc([N+](=O)[O-])s1. The number of nitrogens with one attached hydrogen (secondary N) is 1. The Morgan fingerprint density at radius 2 is 2.56 bits per heavy atom. The van der Waals surface area contributed by atoms with E-state index in [0.29, 0.717) is 11.7 Å². The second kappa shape index (κ2) is 4.05. The van der Waals surface area contributed by atoms with E-state index in [-0.39, 0.29) is 17.1 Å². The van der Waals surface area contributed by atoms with Crippen LogP contribution in [0.15, 0.2) is 6.20 Å². The van der Waals surface area contributed by atoms with Crippen LogP contribution < -0.4 is 10.2 Å². The molecule has 2 amide bonds. The molecule has 1 aromatic rings. The first-order valence-corrected chi connectivity index (χ1v) is 5.62. The second-order valence-electron chi connectivity index (χ2n) is 3.36. The number of rotatable bonds is 3. The van der Waals surface area contributed by atoms with Gasteiger partial charge >= 0.3 is 11.0 Å². The highest BCUT2D eigenvalue weighted by Gasteiger charge is 2.33. The van der Waals surface area contributed by atoms with Crippen LogP contribution in [0.5, 0.6) is 0 Å². The molecule has 1 aromatic heterocycles. The second-order valence-corrected chi connectivity index (χ2v) is 4.34. The number of thiazole rings is 1. The molecule has 0 aliphatic carbocycles. The van der Waals surface area contributed by atoms with E-state index in [1.165, 1.54) is 11.1 Å². The topological polar surface area (TPSA) is 88.4 Å². The number of nitro groups is 1. The molecular formula is C8H10N4O3S. The number of carbonyl (C=O) groups is 1. The lowest BCUT2D eigenvalue weighted by Gasteiger charge is -2.17. The van der Waals surface area contributed by atoms with Gasteiger partial charge in [0.25, 0.3) is 0 Å². The average molecular weight is 242 g/mol. The van der Waals surface area contributed by atoms with Gasteiger partial charge in [0.1, 0.15) is 6.20 Å². The highest BCUT2D eigenvalue weighted by atomic mass is 32.1. The number of amides is 2. The first-order chi connectivity index (χ1) is 7.63. The van der Waals surface area contributed by atoms with Crippen LogP contribution >= 0.6 is 11.3 Å². The fourth-order valence-corrected chi connectivity index (χ4v) is 2.37. The molecule has 2 heterocycles. The van der Waals surface area contributed by atoms with Gasteiger partial charge in [0, 0.05) is 6.54 Å². The van der Waals surface area contributed by atoms with E-state index in [4.69, 9.17) is 0 Å². The minimum absolute atomic E-state index is 0.0262. The molecule has 1 saturated heterocycles. The van der Waals surface area contributed by atoms with E-state index < -0.39 is 4.92 Å². The van der Waals surface area contributed by atoms with Gasteiger partial charge in [0.05, 0.1) is 11.0 Å². The zero-order chi connectivity index (χ0) is 11.7. The summed E-state index contributed by atoms with van der Waals surface area (Å²) in [5.74, 6) is 0. The van der Waals surface area contributed by atoms with E-state index in [1.807, 2.05) is 6.92 Å². The Morgan fingerprint density at radius 3 is 3.12 bits per heavy atom. The predicted molar refractivity (Wildman–Crippen MR) is 58.7 cm³/mol. The number of anilines is 1. The molecule has 1 fully saturated rings. The van der Waals surface area contributed by atoms with Crippen molar-refractivity contribution in [2.45, 2.75) is 19.4 Å². The molecule has 1 unspecified atom stereocenters. The molecule has 0 saturated carbocycles. The highest BCUT2D eigenvalue weighted by Crippen LogP contribution is 2.31. The standard InChI is InChI=1S/C8H10N4O3S/c1-2-5-3-9-7(13)11(5)8-10-4-6(16-8)12(14)15/h4-5H,2-3H2,1H3,(H,9,13). The van der Waals surface area contributed by atoms with Gasteiger partial charge < -0.3 is 5.32 Å². The molecule has 1 aliphatic heterocycles. The molecule has 86 valence electrons. The van der Waals surface area contributed by atoms with Crippen molar-refractivity contribution < 1.29 is 9.72 Å². The molecule has 0 spiro atoms. The summed E-state index contributed by atoms with van der Waals surface area (Å²) in [6, 6.07) is -0.214. The van der Waals surface area contributed by atoms with E-state index >= 15 is 0 Å². The summed E-state index contributed by atoms with van der Waals surface area (Å²) < 4.78 is 0. The Bertz CT molecular complexity index is 433. The lowest BCUT2D eigenvalue weighted by molar-refractivity contribution is -0.380. The maximum absolute atomic E-state index is 11.5. The molecule has 1 aliphatic rings. The first kappa shape index (κ1) is 10.8. The minimum Gasteiger partial charge on any atom is -0.336 e. The van der Waals surface area contributed by atoms with Gasteiger partial charge in [0.15, 0.2) is 5.13 Å². The molecule has 2 rings (SSSR count). The third-order valence-corrected chi connectivity index (χ3v) is 3.36. The summed E-state index contributed by atoms with van der Waals surface area (Å²) in [4.78, 5) is 26.9. The van der Waals surface area contributed by atoms with Crippen molar-refractivity contribution in [3.63, 3.8) is 0 Å². The van der Waals surface area contributed by atoms with Gasteiger partial charge in [0.2, 0.25) is 0 Å². The molecule has 0 radical (unpaired) electrons. The summed E-state index contributed by atoms with van der Waals surface area (Å²) >= 11 is 0.916. The van der Waals surface area contributed by atoms with Crippen molar-refractivity contribution in [1.29, 1.82) is 0 Å². The molecule has 7 nitrogen and oxygen atoms in total. The number of aromatic nitrogens is 1. The van der Waals surface area contributed by atoms with Crippen LogP contribution in [0.2, 0.25) is 0 Å². The summed E-state index contributed by atoms with van der Waals surface area (Å²) in [5, 5.41) is 13.5. The highest BCUT2D eigenvalue weighted by molar-refractivity contribution is 7.18. The largest absolute Gasteiger partial charge is 0.345 e. The molecule has 0 bridgehead atoms. The summed E-state index contributed by atoms with van der Waals surface area (Å²) in [6.07, 6.45) is 1.96. The molecule has 1 N–H and O–H groups in total. The Kier molecular flexibility index (Phi) is 2.73. The Hall–Kier alpha value is -1.70. The average Bonchev–Trinajstić information content (AvgIpc) is 2.83. The van der Waals surface area contributed by atoms with Gasteiger partial charge in [-0.3, -0.25) is 15.0 Å². The number of hydrogen-bond donors (Lipinski definition) is 1. The van der Waals surface area contributed by atoms with Crippen LogP contribution in [-0.2, 0) is 0 Å². The van der Waals surface area contributed by atoms with Gasteiger partial charge in [-0.15, -0.1) is 0 Å². The zero-order valence-corrected chi connectivity index (χ0v) is 9.36. The quantitative estimate of drug-likeness (QED) is 0.640. The Balaban J connectivity index is 2.28. The number of carbonyl (C=O) groups excluding carboxylic acids is 1. The zero-order valence-electron chi connectivity index (χ0n) is 8.54. The van der Waals surface area contributed by atoms with Crippen LogP contribution in [0.1, 0.15) is 13.3 Å². The van der Waals surface area contributed by atoms with Crippen molar-refractivity contribution in [2.24, 2.45) is 0 Å². The Morgan fingerprint density at radius 1 is 1.81 bits per heavy atom. The van der Waals surface area contributed by atoms with Crippen LogP contribution in [0.4, 0.5) is 14.9 Å². The lowest BCUT2D eigenvalue weighted by atomic mass is 10.2. The minimum atomic E-state index is -0.504. The third kappa shape index (κ3) is 1.71. The maximum atomic E-state index is 11.5. The van der Waals surface area contributed by atoms with E-state index in [2.05, 4.69) is 10.3 Å². The summed E-state index contributed by atoms with van der Waals surface area (Å²) in [7, 11) is 0. The van der Waals surface area contributed by atoms with Crippen molar-refractivity contribution in [1.82, 2.24) is 10.3 Å². The van der Waals surface area contributed by atoms with Crippen LogP contribution in [-0.4, -0.2) is 28.5 Å². The smallest absolute Gasteiger partial charge is 0.336 e. The molecular weight excluding hydrogens is 232 g/mol. The van der Waals surface area contributed by atoms with Gasteiger partial charge in [-0.2, -0.15) is 0 Å². The number of hydrogen-bond acceptors (Lipinski definition) is 5. The molecule has 16 heavy (non-hydrogen) atoms. The monoisotopic (exact) mass is 242 g/mol. The third-order valence-electron chi connectivity index (χ3n) is 2.41. The maximum Gasteiger partial charge on any atom is 0.345 e. The summed E-state index contributed by atoms with van der Waals surface area (Å²) in [5.41, 5.74) is 0. The van der Waals surface area contributed by atoms with Crippen LogP contribution in [0, 0.1) is 10.1 Å². The van der Waals surface area contributed by atoms with E-state index in [9.17, 15) is 14.9 Å². The normalized spacial score (nSPS) is 19.9. The van der Waals surface area contributed by atoms with Crippen LogP contribution in [0.3, 0.4) is 0 Å². The molecule has 8 heteroatoms. The number of urea groups is 1. The first-order valence-electron chi connectivity index (χ1n) is 4.80. The van der Waals surface area contributed by atoms with E-state index in [0.717, 1.165) is 17.8 Å². The fraction of sp³-hybridized carbons (Fsp3) is 0.500. The summed E-state index contributed by atoms with van der Waals surface area (Å²) in [6.45, 7) is 2.52. The van der Waals surface area contributed by atoms with Crippen molar-refractivity contribution in [3.8, 4) is 0 Å². The van der Waals surface area contributed by atoms with Crippen molar-refractivity contribution >= 4 is 27.5 Å². The van der Waals surface area contributed by atoms with Gasteiger partial charge in [-0.05, 0) is 17.8 Å². The van der Waals surface area contributed by atoms with Gasteiger partial charge in [-0.1, -0.05) is 6.92 Å². The van der Waals surface area contributed by atoms with Crippen molar-refractivity contribution in [3.05, 3.63) is 16.3 Å². The van der Waals surface area contributed by atoms with E-state index in [1.54, 1.807) is 0 Å². The van der Waals surface area contributed by atoms with Crippen molar-refractivity contribution in [2.75, 3.05) is 11.4 Å². The fourth-order valence-electron chi connectivity index (χ4n) is 1.57. The number of nitrogens with zero attached hydrogens (tertiary/aromatic N) is 3. The Labute approximate surface area is 95.2 Å². The molecule has 0 aromatic carbocycles. The predicted octanol–water partition coefficient (Wildman–Crippen LogP) is 1.36. The lowest BCUT2D eigenvalue weighted by Crippen LogP contribution is -2.33. The van der Waals surface area contributed by atoms with Crippen LogP contribution in [0.25, 0.3) is 0 Å².